The highest BCUT2D eigenvalue weighted by atomic mass is 32.2. The molecule has 9 heteroatoms. The van der Waals surface area contributed by atoms with Crippen LogP contribution in [0.25, 0.3) is 6.08 Å². The second kappa shape index (κ2) is 6.86. The molecule has 2 aromatic rings. The van der Waals surface area contributed by atoms with Crippen LogP contribution in [0.3, 0.4) is 0 Å². The standard InChI is InChI=1S/C18H17N3O5S/c1-11-15(10-12-4-3-5-16(26-2)17(12)22)18(23)21(20-11)13-6-8-14(9-7-13)27(19,24)25/h3-10,22H,1-2H3,(H2,19,24,25). The summed E-state index contributed by atoms with van der Waals surface area (Å²) in [5, 5.41) is 20.7. The van der Waals surface area contributed by atoms with E-state index in [1.165, 1.54) is 37.5 Å². The van der Waals surface area contributed by atoms with Crippen LogP contribution in [0.15, 0.2) is 58.0 Å². The van der Waals surface area contributed by atoms with Crippen molar-refractivity contribution in [3.8, 4) is 11.5 Å². The van der Waals surface area contributed by atoms with Gasteiger partial charge in [0.1, 0.15) is 0 Å². The Morgan fingerprint density at radius 1 is 1.19 bits per heavy atom. The molecule has 0 aromatic heterocycles. The van der Waals surface area contributed by atoms with E-state index in [-0.39, 0.29) is 10.6 Å². The van der Waals surface area contributed by atoms with Crippen LogP contribution in [0.1, 0.15) is 12.5 Å². The highest BCUT2D eigenvalue weighted by Crippen LogP contribution is 2.32. The van der Waals surface area contributed by atoms with Gasteiger partial charge in [0, 0.05) is 5.56 Å². The number of sulfonamides is 1. The van der Waals surface area contributed by atoms with Gasteiger partial charge in [0.25, 0.3) is 5.91 Å². The Balaban J connectivity index is 1.95. The van der Waals surface area contributed by atoms with E-state index in [9.17, 15) is 18.3 Å². The molecule has 0 saturated carbocycles. The molecule has 1 amide bonds. The number of anilines is 1. The van der Waals surface area contributed by atoms with Crippen molar-refractivity contribution in [3.05, 3.63) is 53.6 Å². The number of para-hydroxylation sites is 1. The molecule has 0 radical (unpaired) electrons. The molecule has 8 nitrogen and oxygen atoms in total. The van der Waals surface area contributed by atoms with E-state index in [1.807, 2.05) is 0 Å². The number of carbonyl (C=O) groups is 1. The van der Waals surface area contributed by atoms with Crippen molar-refractivity contribution in [2.24, 2.45) is 10.2 Å². The number of hydrogen-bond acceptors (Lipinski definition) is 6. The highest BCUT2D eigenvalue weighted by Gasteiger charge is 2.29. The van der Waals surface area contributed by atoms with Crippen LogP contribution in [0.5, 0.6) is 11.5 Å². The molecule has 0 fully saturated rings. The number of ether oxygens (including phenoxy) is 1. The van der Waals surface area contributed by atoms with Crippen LogP contribution in [-0.2, 0) is 14.8 Å². The summed E-state index contributed by atoms with van der Waals surface area (Å²) in [4.78, 5) is 12.7. The average molecular weight is 387 g/mol. The van der Waals surface area contributed by atoms with Gasteiger partial charge in [-0.05, 0) is 43.3 Å². The predicted octanol–water partition coefficient (Wildman–Crippen LogP) is 1.85. The first-order valence-electron chi connectivity index (χ1n) is 7.83. The van der Waals surface area contributed by atoms with Gasteiger partial charge in [0.2, 0.25) is 10.0 Å². The Kier molecular flexibility index (Phi) is 4.73. The zero-order valence-corrected chi connectivity index (χ0v) is 15.4. The molecule has 3 rings (SSSR count). The molecule has 0 bridgehead atoms. The first-order valence-corrected chi connectivity index (χ1v) is 9.37. The quantitative estimate of drug-likeness (QED) is 0.775. The van der Waals surface area contributed by atoms with Crippen LogP contribution < -0.4 is 14.9 Å². The van der Waals surface area contributed by atoms with Crippen LogP contribution >= 0.6 is 0 Å². The summed E-state index contributed by atoms with van der Waals surface area (Å²) in [5.74, 6) is -0.193. The monoisotopic (exact) mass is 387 g/mol. The number of phenols is 1. The molecule has 3 N–H and O–H groups in total. The minimum atomic E-state index is -3.82. The van der Waals surface area contributed by atoms with Gasteiger partial charge in [0.15, 0.2) is 11.5 Å². The third kappa shape index (κ3) is 3.55. The maximum atomic E-state index is 12.8. The number of methoxy groups -OCH3 is 1. The summed E-state index contributed by atoms with van der Waals surface area (Å²) in [6.07, 6.45) is 1.53. The molecule has 27 heavy (non-hydrogen) atoms. The van der Waals surface area contributed by atoms with E-state index >= 15 is 0 Å². The number of amides is 1. The van der Waals surface area contributed by atoms with Gasteiger partial charge < -0.3 is 9.84 Å². The summed E-state index contributed by atoms with van der Waals surface area (Å²) in [5.41, 5.74) is 1.57. The Morgan fingerprint density at radius 3 is 2.44 bits per heavy atom. The topological polar surface area (TPSA) is 122 Å². The second-order valence-corrected chi connectivity index (χ2v) is 7.36. The van der Waals surface area contributed by atoms with Crippen molar-refractivity contribution >= 4 is 33.4 Å². The third-order valence-corrected chi connectivity index (χ3v) is 4.95. The van der Waals surface area contributed by atoms with Gasteiger partial charge >= 0.3 is 0 Å². The Labute approximate surface area is 156 Å². The van der Waals surface area contributed by atoms with Crippen molar-refractivity contribution in [1.29, 1.82) is 0 Å². The van der Waals surface area contributed by atoms with Gasteiger partial charge in [-0.25, -0.2) is 13.6 Å². The van der Waals surface area contributed by atoms with Crippen LogP contribution in [-0.4, -0.2) is 32.3 Å². The molecule has 1 aliphatic heterocycles. The normalized spacial score (nSPS) is 16.0. The molecular weight excluding hydrogens is 370 g/mol. The minimum absolute atomic E-state index is 0.0596. The maximum absolute atomic E-state index is 12.8. The van der Waals surface area contributed by atoms with Gasteiger partial charge in [-0.15, -0.1) is 0 Å². The molecular formula is C18H17N3O5S. The lowest BCUT2D eigenvalue weighted by Crippen LogP contribution is -2.21. The van der Waals surface area contributed by atoms with E-state index in [1.54, 1.807) is 25.1 Å². The van der Waals surface area contributed by atoms with E-state index in [0.29, 0.717) is 28.3 Å². The number of hydrogen-bond donors (Lipinski definition) is 2. The SMILES string of the molecule is COc1cccc(C=C2C(=O)N(c3ccc(S(N)(=O)=O)cc3)N=C2C)c1O. The van der Waals surface area contributed by atoms with Gasteiger partial charge in [-0.2, -0.15) is 10.1 Å². The summed E-state index contributed by atoms with van der Waals surface area (Å²) >= 11 is 0. The lowest BCUT2D eigenvalue weighted by atomic mass is 10.1. The molecule has 1 aliphatic rings. The summed E-state index contributed by atoms with van der Waals surface area (Å²) in [6, 6.07) is 10.4. The largest absolute Gasteiger partial charge is 0.504 e. The van der Waals surface area contributed by atoms with Crippen molar-refractivity contribution in [2.75, 3.05) is 12.1 Å². The smallest absolute Gasteiger partial charge is 0.280 e. The first-order chi connectivity index (χ1) is 12.7. The molecule has 0 spiro atoms. The lowest BCUT2D eigenvalue weighted by molar-refractivity contribution is -0.114. The molecule has 2 aromatic carbocycles. The van der Waals surface area contributed by atoms with Gasteiger partial charge in [-0.3, -0.25) is 4.79 Å². The van der Waals surface area contributed by atoms with Crippen molar-refractivity contribution in [1.82, 2.24) is 0 Å². The van der Waals surface area contributed by atoms with E-state index in [4.69, 9.17) is 9.88 Å². The first kappa shape index (κ1) is 18.6. The number of nitrogens with two attached hydrogens (primary N) is 1. The third-order valence-electron chi connectivity index (χ3n) is 4.02. The van der Waals surface area contributed by atoms with Crippen LogP contribution in [0.2, 0.25) is 0 Å². The second-order valence-electron chi connectivity index (χ2n) is 5.80. The lowest BCUT2D eigenvalue weighted by Gasteiger charge is -2.12. The molecule has 0 atom stereocenters. The number of hydrazone groups is 1. The number of benzene rings is 2. The maximum Gasteiger partial charge on any atom is 0.280 e. The van der Waals surface area contributed by atoms with Crippen molar-refractivity contribution in [3.63, 3.8) is 0 Å². The Morgan fingerprint density at radius 2 is 1.85 bits per heavy atom. The number of carbonyl (C=O) groups excluding carboxylic acids is 1. The fourth-order valence-corrected chi connectivity index (χ4v) is 3.13. The molecule has 140 valence electrons. The average Bonchev–Trinajstić information content (AvgIpc) is 2.91. The molecule has 0 aliphatic carbocycles. The highest BCUT2D eigenvalue weighted by molar-refractivity contribution is 7.89. The molecule has 0 saturated heterocycles. The zero-order valence-electron chi connectivity index (χ0n) is 14.6. The molecule has 1 heterocycles. The van der Waals surface area contributed by atoms with Gasteiger partial charge in [-0.1, -0.05) is 12.1 Å². The van der Waals surface area contributed by atoms with Crippen molar-refractivity contribution in [2.45, 2.75) is 11.8 Å². The summed E-state index contributed by atoms with van der Waals surface area (Å²) in [7, 11) is -2.38. The van der Waals surface area contributed by atoms with E-state index in [2.05, 4.69) is 5.10 Å². The van der Waals surface area contributed by atoms with E-state index < -0.39 is 15.9 Å². The van der Waals surface area contributed by atoms with Gasteiger partial charge in [0.05, 0.1) is 29.0 Å². The zero-order chi connectivity index (χ0) is 19.8. The number of aromatic hydroxyl groups is 1. The summed E-state index contributed by atoms with van der Waals surface area (Å²) in [6.45, 7) is 1.67. The summed E-state index contributed by atoms with van der Waals surface area (Å²) < 4.78 is 27.8. The number of primary sulfonamides is 1. The Hall–Kier alpha value is -3.17. The predicted molar refractivity (Wildman–Crippen MR) is 101 cm³/mol. The minimum Gasteiger partial charge on any atom is -0.504 e. The Bertz CT molecular complexity index is 1070. The number of rotatable bonds is 4. The molecule has 0 unspecified atom stereocenters. The fraction of sp³-hybridized carbons (Fsp3) is 0.111. The fourth-order valence-electron chi connectivity index (χ4n) is 2.61. The number of nitrogens with zero attached hydrogens (tertiary/aromatic N) is 2. The number of phenolic OH excluding ortho intramolecular Hbond substituents is 1. The van der Waals surface area contributed by atoms with Crippen LogP contribution in [0.4, 0.5) is 5.69 Å². The van der Waals surface area contributed by atoms with Crippen LogP contribution in [0, 0.1) is 0 Å². The van der Waals surface area contributed by atoms with E-state index in [0.717, 1.165) is 5.01 Å². The van der Waals surface area contributed by atoms with Crippen molar-refractivity contribution < 1.29 is 23.1 Å².